The van der Waals surface area contributed by atoms with Crippen LogP contribution in [0.25, 0.3) is 11.1 Å². The smallest absolute Gasteiger partial charge is 0.203 e. The first kappa shape index (κ1) is 23.1. The normalized spacial score (nSPS) is 15.2. The van der Waals surface area contributed by atoms with Crippen LogP contribution in [0.5, 0.6) is 28.7 Å². The van der Waals surface area contributed by atoms with Crippen LogP contribution in [0.15, 0.2) is 12.1 Å². The highest BCUT2D eigenvalue weighted by Gasteiger charge is 2.34. The van der Waals surface area contributed by atoms with Crippen molar-refractivity contribution in [1.82, 2.24) is 0 Å². The van der Waals surface area contributed by atoms with E-state index in [2.05, 4.69) is 6.92 Å². The second kappa shape index (κ2) is 9.69. The van der Waals surface area contributed by atoms with E-state index in [4.69, 9.17) is 23.7 Å². The third-order valence-electron chi connectivity index (χ3n) is 5.72. The number of hydrogen-bond donors (Lipinski definition) is 1. The van der Waals surface area contributed by atoms with E-state index < -0.39 is 0 Å². The highest BCUT2D eigenvalue weighted by Crippen LogP contribution is 2.56. The number of benzene rings is 2. The summed E-state index contributed by atoms with van der Waals surface area (Å²) in [7, 11) is 6.46. The quantitative estimate of drug-likeness (QED) is 0.600. The summed E-state index contributed by atoms with van der Waals surface area (Å²) in [6.45, 7) is 6.12. The topological polar surface area (TPSA) is 66.4 Å². The van der Waals surface area contributed by atoms with Crippen LogP contribution in [-0.4, -0.2) is 39.6 Å². The molecular weight excluding hydrogens is 396 g/mol. The molecule has 6 nitrogen and oxygen atoms in total. The SMILES string of the molecule is CCCc1cc(OC)c2c(c1O)-c1c(cc(OC)c(OC)c1OC)CC[C@@H]2OC(C)C. The monoisotopic (exact) mass is 430 g/mol. The van der Waals surface area contributed by atoms with E-state index in [-0.39, 0.29) is 18.0 Å². The molecule has 31 heavy (non-hydrogen) atoms. The lowest BCUT2D eigenvalue weighted by Gasteiger charge is -2.26. The maximum atomic E-state index is 11.5. The van der Waals surface area contributed by atoms with E-state index in [9.17, 15) is 5.11 Å². The second-order valence-corrected chi connectivity index (χ2v) is 8.02. The maximum absolute atomic E-state index is 11.5. The van der Waals surface area contributed by atoms with Gasteiger partial charge in [0.05, 0.1) is 40.6 Å². The van der Waals surface area contributed by atoms with Crippen molar-refractivity contribution in [2.45, 2.75) is 58.7 Å². The Hall–Kier alpha value is -2.60. The number of phenols is 1. The molecule has 1 N–H and O–H groups in total. The van der Waals surface area contributed by atoms with Gasteiger partial charge in [0.15, 0.2) is 11.5 Å². The fourth-order valence-corrected chi connectivity index (χ4v) is 4.49. The third kappa shape index (κ3) is 4.13. The van der Waals surface area contributed by atoms with Gasteiger partial charge in [0.2, 0.25) is 5.75 Å². The fourth-order valence-electron chi connectivity index (χ4n) is 4.49. The Kier molecular flexibility index (Phi) is 7.21. The molecule has 3 rings (SSSR count). The van der Waals surface area contributed by atoms with Gasteiger partial charge in [0, 0.05) is 16.7 Å². The molecule has 0 bridgehead atoms. The Labute approximate surface area is 185 Å². The highest BCUT2D eigenvalue weighted by atomic mass is 16.5. The average Bonchev–Trinajstić information content (AvgIpc) is 2.91. The van der Waals surface area contributed by atoms with E-state index in [1.165, 1.54) is 0 Å². The van der Waals surface area contributed by atoms with Gasteiger partial charge in [-0.15, -0.1) is 0 Å². The molecule has 0 amide bonds. The molecule has 0 heterocycles. The summed E-state index contributed by atoms with van der Waals surface area (Å²) in [4.78, 5) is 0. The van der Waals surface area contributed by atoms with Gasteiger partial charge in [-0.2, -0.15) is 0 Å². The van der Waals surface area contributed by atoms with Gasteiger partial charge in [0.1, 0.15) is 11.5 Å². The number of rotatable bonds is 8. The minimum absolute atomic E-state index is 0.0206. The standard InChI is InChI=1S/C25H34O6/c1-8-9-16-13-18(27-4)21-17(31-14(2)3)11-10-15-12-19(28-5)24(29-6)25(30-7)20(15)22(21)23(16)26/h12-14,17,26H,8-11H2,1-7H3/t17-/m0/s1. The summed E-state index contributed by atoms with van der Waals surface area (Å²) < 4.78 is 29.2. The molecule has 2 aromatic carbocycles. The number of phenolic OH excluding ortho intramolecular Hbond substituents is 1. The molecule has 0 aromatic heterocycles. The molecule has 0 aliphatic heterocycles. The van der Waals surface area contributed by atoms with Gasteiger partial charge in [-0.3, -0.25) is 0 Å². The van der Waals surface area contributed by atoms with E-state index in [0.717, 1.165) is 47.9 Å². The first-order valence-electron chi connectivity index (χ1n) is 10.8. The van der Waals surface area contributed by atoms with Gasteiger partial charge in [0.25, 0.3) is 0 Å². The highest BCUT2D eigenvalue weighted by molar-refractivity contribution is 5.88. The van der Waals surface area contributed by atoms with Crippen molar-refractivity contribution in [3.8, 4) is 39.9 Å². The zero-order chi connectivity index (χ0) is 22.7. The Morgan fingerprint density at radius 3 is 2.16 bits per heavy atom. The van der Waals surface area contributed by atoms with Crippen molar-refractivity contribution in [3.05, 3.63) is 28.8 Å². The molecule has 0 fully saturated rings. The molecule has 2 aromatic rings. The van der Waals surface area contributed by atoms with Crippen molar-refractivity contribution >= 4 is 0 Å². The maximum Gasteiger partial charge on any atom is 0.203 e. The number of aromatic hydroxyl groups is 1. The predicted molar refractivity (Wildman–Crippen MR) is 121 cm³/mol. The summed E-state index contributed by atoms with van der Waals surface area (Å²) in [5.74, 6) is 2.58. The lowest BCUT2D eigenvalue weighted by atomic mass is 9.89. The second-order valence-electron chi connectivity index (χ2n) is 8.02. The van der Waals surface area contributed by atoms with Crippen molar-refractivity contribution in [2.24, 2.45) is 0 Å². The molecule has 170 valence electrons. The first-order valence-corrected chi connectivity index (χ1v) is 10.8. The minimum atomic E-state index is -0.236. The third-order valence-corrected chi connectivity index (χ3v) is 5.72. The molecule has 0 unspecified atom stereocenters. The van der Waals surface area contributed by atoms with Gasteiger partial charge in [-0.25, -0.2) is 0 Å². The average molecular weight is 431 g/mol. The van der Waals surface area contributed by atoms with Crippen LogP contribution in [0, 0.1) is 0 Å². The summed E-state index contributed by atoms with van der Waals surface area (Å²) >= 11 is 0. The lowest BCUT2D eigenvalue weighted by Crippen LogP contribution is -2.13. The fraction of sp³-hybridized carbons (Fsp3) is 0.520. The Morgan fingerprint density at radius 1 is 0.935 bits per heavy atom. The van der Waals surface area contributed by atoms with Gasteiger partial charge in [-0.05, 0) is 56.4 Å². The van der Waals surface area contributed by atoms with Crippen molar-refractivity contribution in [2.75, 3.05) is 28.4 Å². The van der Waals surface area contributed by atoms with E-state index in [1.807, 2.05) is 26.0 Å². The van der Waals surface area contributed by atoms with Crippen LogP contribution in [0.4, 0.5) is 0 Å². The Bertz CT molecular complexity index is 935. The van der Waals surface area contributed by atoms with E-state index in [0.29, 0.717) is 28.6 Å². The predicted octanol–water partition coefficient (Wildman–Crippen LogP) is 5.46. The summed E-state index contributed by atoms with van der Waals surface area (Å²) in [6.07, 6.45) is 2.88. The molecule has 1 aliphatic carbocycles. The summed E-state index contributed by atoms with van der Waals surface area (Å²) in [6, 6.07) is 3.91. The number of aryl methyl sites for hydroxylation is 2. The zero-order valence-corrected chi connectivity index (χ0v) is 19.6. The number of fused-ring (bicyclic) bond motifs is 3. The van der Waals surface area contributed by atoms with Crippen LogP contribution in [0.2, 0.25) is 0 Å². The number of hydrogen-bond acceptors (Lipinski definition) is 6. The molecule has 0 saturated carbocycles. The largest absolute Gasteiger partial charge is 0.507 e. The first-order chi connectivity index (χ1) is 14.9. The zero-order valence-electron chi connectivity index (χ0n) is 19.6. The van der Waals surface area contributed by atoms with Gasteiger partial charge in [-0.1, -0.05) is 13.3 Å². The van der Waals surface area contributed by atoms with Crippen molar-refractivity contribution in [1.29, 1.82) is 0 Å². The van der Waals surface area contributed by atoms with E-state index >= 15 is 0 Å². The molecule has 0 saturated heterocycles. The summed E-state index contributed by atoms with van der Waals surface area (Å²) in [5, 5.41) is 11.5. The number of ether oxygens (including phenoxy) is 5. The molecule has 6 heteroatoms. The van der Waals surface area contributed by atoms with Crippen LogP contribution in [0.1, 0.15) is 56.4 Å². The number of methoxy groups -OCH3 is 4. The van der Waals surface area contributed by atoms with E-state index in [1.54, 1.807) is 28.4 Å². The summed E-state index contributed by atoms with van der Waals surface area (Å²) in [5.41, 5.74) is 4.19. The molecule has 1 aliphatic rings. The van der Waals surface area contributed by atoms with Crippen LogP contribution >= 0.6 is 0 Å². The van der Waals surface area contributed by atoms with Crippen LogP contribution in [-0.2, 0) is 17.6 Å². The molecule has 1 atom stereocenters. The van der Waals surface area contributed by atoms with Crippen molar-refractivity contribution < 1.29 is 28.8 Å². The lowest BCUT2D eigenvalue weighted by molar-refractivity contribution is 0.00142. The molecular formula is C25H34O6. The van der Waals surface area contributed by atoms with Crippen LogP contribution < -0.4 is 18.9 Å². The Balaban J connectivity index is 2.46. The minimum Gasteiger partial charge on any atom is -0.507 e. The molecule has 0 spiro atoms. The Morgan fingerprint density at radius 2 is 1.61 bits per heavy atom. The van der Waals surface area contributed by atoms with Crippen LogP contribution in [0.3, 0.4) is 0 Å². The van der Waals surface area contributed by atoms with Crippen molar-refractivity contribution in [3.63, 3.8) is 0 Å². The van der Waals surface area contributed by atoms with Gasteiger partial charge >= 0.3 is 0 Å². The molecule has 0 radical (unpaired) electrons. The van der Waals surface area contributed by atoms with Gasteiger partial charge < -0.3 is 28.8 Å².